The fraction of sp³-hybridized carbons (Fsp3) is 0.143. The summed E-state index contributed by atoms with van der Waals surface area (Å²) < 4.78 is 5.81. The van der Waals surface area contributed by atoms with E-state index in [1.807, 2.05) is 78.9 Å². The molecule has 0 unspecified atom stereocenters. The van der Waals surface area contributed by atoms with Gasteiger partial charge in [-0.15, -0.1) is 5.10 Å². The molecule has 166 valence electrons. The number of rotatable bonds is 8. The van der Waals surface area contributed by atoms with Crippen molar-refractivity contribution in [2.24, 2.45) is 0 Å². The van der Waals surface area contributed by atoms with Crippen molar-refractivity contribution in [1.82, 2.24) is 15.5 Å². The van der Waals surface area contributed by atoms with Crippen molar-refractivity contribution in [3.8, 4) is 28.3 Å². The highest BCUT2D eigenvalue weighted by Crippen LogP contribution is 2.37. The van der Waals surface area contributed by atoms with Gasteiger partial charge in [0.1, 0.15) is 0 Å². The molecule has 0 spiro atoms. The molecule has 1 aromatic heterocycles. The first kappa shape index (κ1) is 22.1. The van der Waals surface area contributed by atoms with Crippen LogP contribution in [0.25, 0.3) is 28.5 Å². The van der Waals surface area contributed by atoms with Crippen LogP contribution in [0.4, 0.5) is 0 Å². The van der Waals surface area contributed by atoms with Crippen molar-refractivity contribution >= 4 is 12.0 Å². The van der Waals surface area contributed by atoms with Crippen LogP contribution < -0.4 is 10.1 Å². The summed E-state index contributed by atoms with van der Waals surface area (Å²) in [6.45, 7) is 4.18. The molecule has 0 radical (unpaired) electrons. The Labute approximate surface area is 194 Å². The van der Waals surface area contributed by atoms with Crippen LogP contribution in [-0.4, -0.2) is 22.7 Å². The van der Waals surface area contributed by atoms with E-state index in [2.05, 4.69) is 41.5 Å². The molecule has 0 saturated carbocycles. The highest BCUT2D eigenvalue weighted by Gasteiger charge is 2.18. The number of hydrogen-bond acceptors (Lipinski definition) is 3. The number of aromatic nitrogens is 2. The van der Waals surface area contributed by atoms with Crippen molar-refractivity contribution in [2.45, 2.75) is 19.8 Å². The Morgan fingerprint density at radius 2 is 1.58 bits per heavy atom. The summed E-state index contributed by atoms with van der Waals surface area (Å²) in [5.41, 5.74) is 5.94. The molecule has 3 aromatic carbocycles. The fourth-order valence-electron chi connectivity index (χ4n) is 3.51. The lowest BCUT2D eigenvalue weighted by Crippen LogP contribution is -2.24. The molecule has 2 N–H and O–H groups in total. The predicted molar refractivity (Wildman–Crippen MR) is 133 cm³/mol. The topological polar surface area (TPSA) is 67.0 Å². The zero-order chi connectivity index (χ0) is 23.0. The molecule has 1 heterocycles. The maximum atomic E-state index is 12.3. The number of amides is 1. The minimum absolute atomic E-state index is 0.143. The Balaban J connectivity index is 1.44. The van der Waals surface area contributed by atoms with E-state index in [4.69, 9.17) is 4.74 Å². The van der Waals surface area contributed by atoms with Crippen LogP contribution in [0.15, 0.2) is 91.1 Å². The van der Waals surface area contributed by atoms with Crippen LogP contribution in [0.1, 0.15) is 30.9 Å². The standard InChI is InChI=1S/C28H27N3O2/c1-20(2)22-15-13-21(14-16-22)17-18-29-25(32)19-33-28-26(23-9-5-3-6-10-23)27(30-31-28)24-11-7-4-8-12-24/h3-18,20H,19H2,1-2H3,(H,29,32)(H,30,31). The number of ether oxygens (including phenoxy) is 1. The molecule has 5 heteroatoms. The van der Waals surface area contributed by atoms with Gasteiger partial charge in [-0.25, -0.2) is 0 Å². The highest BCUT2D eigenvalue weighted by atomic mass is 16.5. The number of carbonyl (C=O) groups is 1. The summed E-state index contributed by atoms with van der Waals surface area (Å²) >= 11 is 0. The second-order valence-electron chi connectivity index (χ2n) is 8.02. The summed E-state index contributed by atoms with van der Waals surface area (Å²) in [5.74, 6) is 0.627. The van der Waals surface area contributed by atoms with E-state index in [0.29, 0.717) is 11.8 Å². The Kier molecular flexibility index (Phi) is 7.00. The van der Waals surface area contributed by atoms with Crippen molar-refractivity contribution in [2.75, 3.05) is 6.61 Å². The van der Waals surface area contributed by atoms with Crippen LogP contribution in [0.2, 0.25) is 0 Å². The molecular weight excluding hydrogens is 410 g/mol. The molecule has 33 heavy (non-hydrogen) atoms. The number of hydrogen-bond donors (Lipinski definition) is 2. The van der Waals surface area contributed by atoms with Gasteiger partial charge in [0, 0.05) is 11.8 Å². The van der Waals surface area contributed by atoms with Gasteiger partial charge >= 0.3 is 0 Å². The van der Waals surface area contributed by atoms with E-state index in [1.165, 1.54) is 5.56 Å². The Hall–Kier alpha value is -4.12. The maximum Gasteiger partial charge on any atom is 0.261 e. The van der Waals surface area contributed by atoms with Gasteiger partial charge in [-0.1, -0.05) is 98.8 Å². The van der Waals surface area contributed by atoms with E-state index in [-0.39, 0.29) is 12.5 Å². The average molecular weight is 438 g/mol. The molecule has 0 fully saturated rings. The van der Waals surface area contributed by atoms with Gasteiger partial charge in [0.2, 0.25) is 5.88 Å². The lowest BCUT2D eigenvalue weighted by atomic mass is 10.0. The van der Waals surface area contributed by atoms with Crippen LogP contribution >= 0.6 is 0 Å². The summed E-state index contributed by atoms with van der Waals surface area (Å²) in [4.78, 5) is 12.3. The van der Waals surface area contributed by atoms with E-state index >= 15 is 0 Å². The van der Waals surface area contributed by atoms with Gasteiger partial charge in [0.25, 0.3) is 5.91 Å². The summed E-state index contributed by atoms with van der Waals surface area (Å²) in [6, 6.07) is 28.1. The third-order valence-electron chi connectivity index (χ3n) is 5.32. The van der Waals surface area contributed by atoms with Crippen molar-refractivity contribution in [1.29, 1.82) is 0 Å². The minimum atomic E-state index is -0.256. The Bertz CT molecular complexity index is 1210. The van der Waals surface area contributed by atoms with Crippen LogP contribution in [0.5, 0.6) is 5.88 Å². The Morgan fingerprint density at radius 3 is 2.21 bits per heavy atom. The van der Waals surface area contributed by atoms with Crippen molar-refractivity contribution in [3.05, 3.63) is 102 Å². The fourth-order valence-corrected chi connectivity index (χ4v) is 3.51. The third kappa shape index (κ3) is 5.57. The molecule has 0 atom stereocenters. The van der Waals surface area contributed by atoms with Crippen molar-refractivity contribution < 1.29 is 9.53 Å². The van der Waals surface area contributed by atoms with Crippen LogP contribution in [-0.2, 0) is 4.79 Å². The molecule has 4 rings (SSSR count). The van der Waals surface area contributed by atoms with Gasteiger partial charge in [-0.2, -0.15) is 0 Å². The minimum Gasteiger partial charge on any atom is -0.466 e. The molecule has 1 amide bonds. The van der Waals surface area contributed by atoms with E-state index in [9.17, 15) is 4.79 Å². The van der Waals surface area contributed by atoms with E-state index in [0.717, 1.165) is 27.9 Å². The number of nitrogens with one attached hydrogen (secondary N) is 2. The summed E-state index contributed by atoms with van der Waals surface area (Å²) in [7, 11) is 0. The third-order valence-corrected chi connectivity index (χ3v) is 5.32. The largest absolute Gasteiger partial charge is 0.466 e. The first-order valence-electron chi connectivity index (χ1n) is 11.0. The zero-order valence-corrected chi connectivity index (χ0v) is 18.8. The maximum absolute atomic E-state index is 12.3. The number of carbonyl (C=O) groups excluding carboxylic acids is 1. The lowest BCUT2D eigenvalue weighted by molar-refractivity contribution is -0.122. The number of H-pyrrole nitrogens is 1. The predicted octanol–water partition coefficient (Wildman–Crippen LogP) is 6.03. The molecule has 4 aromatic rings. The molecule has 0 aliphatic carbocycles. The van der Waals surface area contributed by atoms with E-state index in [1.54, 1.807) is 6.20 Å². The first-order chi connectivity index (χ1) is 16.1. The summed E-state index contributed by atoms with van der Waals surface area (Å²) in [6.07, 6.45) is 3.49. The molecule has 5 nitrogen and oxygen atoms in total. The first-order valence-corrected chi connectivity index (χ1v) is 11.0. The lowest BCUT2D eigenvalue weighted by Gasteiger charge is -2.08. The monoisotopic (exact) mass is 437 g/mol. The molecule has 0 aliphatic rings. The van der Waals surface area contributed by atoms with Gasteiger partial charge in [-0.05, 0) is 28.7 Å². The van der Waals surface area contributed by atoms with Gasteiger partial charge < -0.3 is 10.1 Å². The second-order valence-corrected chi connectivity index (χ2v) is 8.02. The molecular formula is C28H27N3O2. The molecule has 0 bridgehead atoms. The highest BCUT2D eigenvalue weighted by molar-refractivity contribution is 5.85. The smallest absolute Gasteiger partial charge is 0.261 e. The number of aromatic amines is 1. The summed E-state index contributed by atoms with van der Waals surface area (Å²) in [5, 5.41) is 10.2. The quantitative estimate of drug-likeness (QED) is 0.353. The second kappa shape index (κ2) is 10.5. The SMILES string of the molecule is CC(C)c1ccc(C=CNC(=O)COc2n[nH]c(-c3ccccc3)c2-c2ccccc2)cc1. The molecule has 0 aliphatic heterocycles. The normalized spacial score (nSPS) is 11.1. The Morgan fingerprint density at radius 1 is 0.939 bits per heavy atom. The van der Waals surface area contributed by atoms with Gasteiger partial charge in [0.15, 0.2) is 6.61 Å². The number of nitrogens with zero attached hydrogens (tertiary/aromatic N) is 1. The zero-order valence-electron chi connectivity index (χ0n) is 18.8. The van der Waals surface area contributed by atoms with Gasteiger partial charge in [-0.3, -0.25) is 9.89 Å². The average Bonchev–Trinajstić information content (AvgIpc) is 3.28. The van der Waals surface area contributed by atoms with Gasteiger partial charge in [0.05, 0.1) is 11.3 Å². The van der Waals surface area contributed by atoms with Crippen LogP contribution in [0, 0.1) is 0 Å². The molecule has 0 saturated heterocycles. The van der Waals surface area contributed by atoms with Crippen LogP contribution in [0.3, 0.4) is 0 Å². The van der Waals surface area contributed by atoms with E-state index < -0.39 is 0 Å². The van der Waals surface area contributed by atoms with Crippen molar-refractivity contribution in [3.63, 3.8) is 0 Å². The number of benzene rings is 3.